The SMILES string of the molecule is CCC1(N(Cc2ccccc2)S(=O)(=O)[O-])CCC(C)(C)CC1.[NH4+]. The smallest absolute Gasteiger partial charge is 0.162 e. The first-order valence-electron chi connectivity index (χ1n) is 7.96. The first-order valence-corrected chi connectivity index (χ1v) is 9.33. The van der Waals surface area contributed by atoms with Crippen molar-refractivity contribution in [2.24, 2.45) is 5.41 Å². The molecular weight excluding hydrogens is 312 g/mol. The summed E-state index contributed by atoms with van der Waals surface area (Å²) in [6, 6.07) is 9.36. The second-order valence-electron chi connectivity index (χ2n) is 7.19. The van der Waals surface area contributed by atoms with E-state index >= 15 is 0 Å². The highest BCUT2D eigenvalue weighted by Crippen LogP contribution is 2.45. The Hall–Kier alpha value is -0.950. The minimum absolute atomic E-state index is 0. The summed E-state index contributed by atoms with van der Waals surface area (Å²) in [5.74, 6) is 0. The molecule has 1 aliphatic carbocycles. The maximum atomic E-state index is 11.9. The molecule has 0 atom stereocenters. The van der Waals surface area contributed by atoms with E-state index in [2.05, 4.69) is 13.8 Å². The van der Waals surface area contributed by atoms with Crippen LogP contribution in [-0.2, 0) is 16.8 Å². The van der Waals surface area contributed by atoms with Gasteiger partial charge in [0.15, 0.2) is 10.3 Å². The molecule has 1 aliphatic rings. The standard InChI is InChI=1S/C17H27NO3S.H3N/c1-4-17(12-10-16(2,3)11-13-17)18(22(19,20)21)14-15-8-6-5-7-9-15;/h5-9H,4,10-14H2,1-3H3,(H,19,20,21);1H3. The third-order valence-corrected chi connectivity index (χ3v) is 6.22. The Morgan fingerprint density at radius 2 is 1.61 bits per heavy atom. The highest BCUT2D eigenvalue weighted by atomic mass is 32.2. The van der Waals surface area contributed by atoms with Gasteiger partial charge in [-0.3, -0.25) is 0 Å². The van der Waals surface area contributed by atoms with E-state index in [1.807, 2.05) is 37.3 Å². The fourth-order valence-corrected chi connectivity index (χ4v) is 4.50. The molecular formula is C17H30N2O3S. The summed E-state index contributed by atoms with van der Waals surface area (Å²) in [6.45, 7) is 6.57. The molecule has 0 aromatic heterocycles. The number of rotatable bonds is 5. The number of benzene rings is 1. The predicted octanol–water partition coefficient (Wildman–Crippen LogP) is 4.07. The highest BCUT2D eigenvalue weighted by Gasteiger charge is 2.43. The van der Waals surface area contributed by atoms with E-state index in [1.165, 1.54) is 4.31 Å². The molecule has 23 heavy (non-hydrogen) atoms. The van der Waals surface area contributed by atoms with E-state index in [0.29, 0.717) is 6.42 Å². The highest BCUT2D eigenvalue weighted by molar-refractivity contribution is 7.83. The molecule has 4 N–H and O–H groups in total. The summed E-state index contributed by atoms with van der Waals surface area (Å²) in [5.41, 5.74) is 0.551. The van der Waals surface area contributed by atoms with Gasteiger partial charge in [0.1, 0.15) is 0 Å². The third kappa shape index (κ3) is 4.76. The maximum Gasteiger partial charge on any atom is 0.162 e. The number of quaternary nitrogens is 1. The number of nitrogens with zero attached hydrogens (tertiary/aromatic N) is 1. The molecule has 0 bridgehead atoms. The van der Waals surface area contributed by atoms with Gasteiger partial charge in [-0.05, 0) is 43.1 Å². The van der Waals surface area contributed by atoms with Crippen LogP contribution in [0.1, 0.15) is 58.4 Å². The van der Waals surface area contributed by atoms with Gasteiger partial charge in [0.05, 0.1) is 0 Å². The normalized spacial score (nSPS) is 20.0. The Morgan fingerprint density at radius 3 is 2.04 bits per heavy atom. The van der Waals surface area contributed by atoms with Crippen molar-refractivity contribution in [1.82, 2.24) is 10.5 Å². The lowest BCUT2D eigenvalue weighted by atomic mass is 9.68. The topological polar surface area (TPSA) is 96.9 Å². The zero-order chi connectivity index (χ0) is 16.4. The number of hydrogen-bond acceptors (Lipinski definition) is 3. The van der Waals surface area contributed by atoms with Crippen LogP contribution in [0.4, 0.5) is 0 Å². The molecule has 0 radical (unpaired) electrons. The van der Waals surface area contributed by atoms with Crippen LogP contribution in [0.3, 0.4) is 0 Å². The Bertz CT molecular complexity index is 590. The molecule has 0 spiro atoms. The molecule has 0 heterocycles. The van der Waals surface area contributed by atoms with Gasteiger partial charge in [-0.2, -0.15) is 0 Å². The molecule has 0 saturated heterocycles. The fraction of sp³-hybridized carbons (Fsp3) is 0.647. The Kier molecular flexibility index (Phi) is 6.38. The average molecular weight is 343 g/mol. The van der Waals surface area contributed by atoms with Crippen molar-refractivity contribution in [3.05, 3.63) is 35.9 Å². The summed E-state index contributed by atoms with van der Waals surface area (Å²) < 4.78 is 37.0. The van der Waals surface area contributed by atoms with Crippen molar-refractivity contribution in [3.8, 4) is 0 Å². The molecule has 6 heteroatoms. The zero-order valence-electron chi connectivity index (χ0n) is 14.7. The monoisotopic (exact) mass is 342 g/mol. The van der Waals surface area contributed by atoms with Crippen LogP contribution in [-0.4, -0.2) is 22.8 Å². The summed E-state index contributed by atoms with van der Waals surface area (Å²) in [6.07, 6.45) is 4.08. The van der Waals surface area contributed by atoms with Gasteiger partial charge >= 0.3 is 0 Å². The third-order valence-electron chi connectivity index (χ3n) is 5.16. The van der Waals surface area contributed by atoms with Gasteiger partial charge in [-0.1, -0.05) is 51.1 Å². The van der Waals surface area contributed by atoms with Crippen molar-refractivity contribution in [2.75, 3.05) is 0 Å². The van der Waals surface area contributed by atoms with E-state index in [9.17, 15) is 13.0 Å². The molecule has 1 saturated carbocycles. The van der Waals surface area contributed by atoms with Gasteiger partial charge in [-0.25, -0.2) is 12.7 Å². The number of hydrogen-bond donors (Lipinski definition) is 1. The van der Waals surface area contributed by atoms with E-state index in [1.54, 1.807) is 0 Å². The van der Waals surface area contributed by atoms with Crippen LogP contribution < -0.4 is 6.15 Å². The minimum atomic E-state index is -4.49. The Morgan fingerprint density at radius 1 is 1.09 bits per heavy atom. The van der Waals surface area contributed by atoms with Gasteiger partial charge < -0.3 is 10.7 Å². The second kappa shape index (κ2) is 7.30. The molecule has 0 aliphatic heterocycles. The average Bonchev–Trinajstić information content (AvgIpc) is 2.46. The van der Waals surface area contributed by atoms with Gasteiger partial charge in [0, 0.05) is 12.1 Å². The molecule has 0 amide bonds. The zero-order valence-corrected chi connectivity index (χ0v) is 15.5. The van der Waals surface area contributed by atoms with Crippen molar-refractivity contribution in [2.45, 2.75) is 65.0 Å². The van der Waals surface area contributed by atoms with Crippen LogP contribution in [0.25, 0.3) is 0 Å². The quantitative estimate of drug-likeness (QED) is 0.816. The largest absolute Gasteiger partial charge is 0.735 e. The first-order chi connectivity index (χ1) is 10.2. The lowest BCUT2D eigenvalue weighted by Gasteiger charge is -2.50. The lowest BCUT2D eigenvalue weighted by Crippen LogP contribution is -2.53. The van der Waals surface area contributed by atoms with Crippen molar-refractivity contribution in [1.29, 1.82) is 0 Å². The predicted molar refractivity (Wildman–Crippen MR) is 92.9 cm³/mol. The fourth-order valence-electron chi connectivity index (χ4n) is 3.40. The van der Waals surface area contributed by atoms with Crippen molar-refractivity contribution >= 4 is 10.3 Å². The molecule has 0 unspecified atom stereocenters. The summed E-state index contributed by atoms with van der Waals surface area (Å²) >= 11 is 0. The molecule has 132 valence electrons. The van der Waals surface area contributed by atoms with Gasteiger partial charge in [-0.15, -0.1) is 0 Å². The van der Waals surface area contributed by atoms with Crippen LogP contribution >= 0.6 is 0 Å². The van der Waals surface area contributed by atoms with Crippen LogP contribution in [0.15, 0.2) is 30.3 Å². The van der Waals surface area contributed by atoms with E-state index in [4.69, 9.17) is 0 Å². The maximum absolute atomic E-state index is 11.9. The summed E-state index contributed by atoms with van der Waals surface area (Å²) in [4.78, 5) is 0. The second-order valence-corrected chi connectivity index (χ2v) is 8.49. The van der Waals surface area contributed by atoms with E-state index in [-0.39, 0.29) is 18.1 Å². The van der Waals surface area contributed by atoms with Crippen LogP contribution in [0, 0.1) is 5.41 Å². The molecule has 1 aromatic carbocycles. The van der Waals surface area contributed by atoms with Crippen LogP contribution in [0.5, 0.6) is 0 Å². The van der Waals surface area contributed by atoms with Crippen LogP contribution in [0.2, 0.25) is 0 Å². The Balaban J connectivity index is 0.00000264. The summed E-state index contributed by atoms with van der Waals surface area (Å²) in [5, 5.41) is 0. The summed E-state index contributed by atoms with van der Waals surface area (Å²) in [7, 11) is -4.49. The molecule has 1 fully saturated rings. The molecule has 2 rings (SSSR count). The van der Waals surface area contributed by atoms with Crippen molar-refractivity contribution in [3.63, 3.8) is 0 Å². The minimum Gasteiger partial charge on any atom is -0.735 e. The van der Waals surface area contributed by atoms with Gasteiger partial charge in [0.2, 0.25) is 0 Å². The first kappa shape index (κ1) is 20.1. The Labute approximate surface area is 140 Å². The van der Waals surface area contributed by atoms with E-state index in [0.717, 1.165) is 31.2 Å². The van der Waals surface area contributed by atoms with E-state index < -0.39 is 15.8 Å². The lowest BCUT2D eigenvalue weighted by molar-refractivity contribution is 0.0585. The van der Waals surface area contributed by atoms with Gasteiger partial charge in [0.25, 0.3) is 0 Å². The molecule has 1 aromatic rings. The van der Waals surface area contributed by atoms with Crippen molar-refractivity contribution < 1.29 is 13.0 Å². The molecule has 5 nitrogen and oxygen atoms in total.